The van der Waals surface area contributed by atoms with Gasteiger partial charge in [0.15, 0.2) is 5.69 Å². The Labute approximate surface area is 94.6 Å². The van der Waals surface area contributed by atoms with Crippen LogP contribution in [0.3, 0.4) is 0 Å². The van der Waals surface area contributed by atoms with E-state index < -0.39 is 28.0 Å². The molecule has 7 nitrogen and oxygen atoms in total. The van der Waals surface area contributed by atoms with Crippen LogP contribution in [-0.2, 0) is 0 Å². The van der Waals surface area contributed by atoms with Gasteiger partial charge in [0.2, 0.25) is 0 Å². The van der Waals surface area contributed by atoms with Crippen molar-refractivity contribution in [1.29, 1.82) is 0 Å². The standard InChI is InChI=1S/C10H7N3O4/c11-7-8(10(14)15)12-6-4-2-1-3-5(6)9(7)13(16)17/h1-4H,11H2,(H,14,15). The number of para-hydroxylation sites is 1. The minimum atomic E-state index is -1.39. The van der Waals surface area contributed by atoms with Crippen LogP contribution >= 0.6 is 0 Å². The van der Waals surface area contributed by atoms with E-state index in [1.807, 2.05) is 0 Å². The summed E-state index contributed by atoms with van der Waals surface area (Å²) in [5.74, 6) is -1.39. The number of carboxylic acids is 1. The quantitative estimate of drug-likeness (QED) is 0.597. The number of anilines is 1. The molecule has 86 valence electrons. The van der Waals surface area contributed by atoms with Crippen LogP contribution in [0, 0.1) is 10.1 Å². The molecular weight excluding hydrogens is 226 g/mol. The molecule has 0 aliphatic heterocycles. The highest BCUT2D eigenvalue weighted by Crippen LogP contribution is 2.32. The van der Waals surface area contributed by atoms with Crippen molar-refractivity contribution < 1.29 is 14.8 Å². The SMILES string of the molecule is Nc1c(C(=O)O)nc2ccccc2c1[N+](=O)[O-]. The smallest absolute Gasteiger partial charge is 0.356 e. The maximum atomic E-state index is 10.9. The Hall–Kier alpha value is -2.70. The number of benzene rings is 1. The Morgan fingerprint density at radius 1 is 1.41 bits per heavy atom. The van der Waals surface area contributed by atoms with Crippen LogP contribution in [0.1, 0.15) is 10.5 Å². The fourth-order valence-electron chi connectivity index (χ4n) is 1.57. The molecular formula is C10H7N3O4. The van der Waals surface area contributed by atoms with E-state index >= 15 is 0 Å². The van der Waals surface area contributed by atoms with Gasteiger partial charge in [-0.2, -0.15) is 0 Å². The fraction of sp³-hybridized carbons (Fsp3) is 0. The molecule has 0 atom stereocenters. The largest absolute Gasteiger partial charge is 0.476 e. The van der Waals surface area contributed by atoms with Gasteiger partial charge < -0.3 is 10.8 Å². The summed E-state index contributed by atoms with van der Waals surface area (Å²) in [6, 6.07) is 6.18. The van der Waals surface area contributed by atoms with Crippen LogP contribution in [0.4, 0.5) is 11.4 Å². The van der Waals surface area contributed by atoms with Crippen LogP contribution in [0.15, 0.2) is 24.3 Å². The lowest BCUT2D eigenvalue weighted by Gasteiger charge is -2.04. The molecule has 1 heterocycles. The zero-order valence-electron chi connectivity index (χ0n) is 8.45. The highest BCUT2D eigenvalue weighted by molar-refractivity contribution is 6.02. The van der Waals surface area contributed by atoms with Gasteiger partial charge in [0.05, 0.1) is 15.8 Å². The molecule has 1 aromatic heterocycles. The summed E-state index contributed by atoms with van der Waals surface area (Å²) in [6.45, 7) is 0. The molecule has 2 rings (SSSR count). The Morgan fingerprint density at radius 3 is 2.65 bits per heavy atom. The van der Waals surface area contributed by atoms with Gasteiger partial charge in [0.1, 0.15) is 5.69 Å². The summed E-state index contributed by atoms with van der Waals surface area (Å²) in [6.07, 6.45) is 0. The maximum absolute atomic E-state index is 10.9. The number of hydrogen-bond donors (Lipinski definition) is 2. The first-order chi connectivity index (χ1) is 8.02. The topological polar surface area (TPSA) is 119 Å². The van der Waals surface area contributed by atoms with Crippen LogP contribution in [0.5, 0.6) is 0 Å². The van der Waals surface area contributed by atoms with Gasteiger partial charge in [-0.25, -0.2) is 9.78 Å². The molecule has 0 radical (unpaired) electrons. The number of carboxylic acid groups (broad SMARTS) is 1. The van der Waals surface area contributed by atoms with Gasteiger partial charge in [-0.1, -0.05) is 12.1 Å². The van der Waals surface area contributed by atoms with E-state index in [4.69, 9.17) is 10.8 Å². The number of hydrogen-bond acceptors (Lipinski definition) is 5. The number of aromatic nitrogens is 1. The molecule has 2 aromatic rings. The molecule has 0 unspecified atom stereocenters. The third-order valence-corrected chi connectivity index (χ3v) is 2.29. The average Bonchev–Trinajstić information content (AvgIpc) is 2.27. The lowest BCUT2D eigenvalue weighted by atomic mass is 10.1. The van der Waals surface area contributed by atoms with Crippen molar-refractivity contribution in [3.05, 3.63) is 40.1 Å². The van der Waals surface area contributed by atoms with Crippen LogP contribution in [-0.4, -0.2) is 21.0 Å². The number of nitrogen functional groups attached to an aromatic ring is 1. The summed E-state index contributed by atoms with van der Waals surface area (Å²) in [5, 5.41) is 20.0. The van der Waals surface area contributed by atoms with Crippen molar-refractivity contribution in [2.75, 3.05) is 5.73 Å². The molecule has 0 fully saturated rings. The summed E-state index contributed by atoms with van der Waals surface area (Å²) in [4.78, 5) is 24.9. The maximum Gasteiger partial charge on any atom is 0.356 e. The Morgan fingerprint density at radius 2 is 2.06 bits per heavy atom. The van der Waals surface area contributed by atoms with E-state index in [2.05, 4.69) is 4.98 Å². The second-order valence-electron chi connectivity index (χ2n) is 3.30. The first-order valence-electron chi connectivity index (χ1n) is 4.58. The van der Waals surface area contributed by atoms with Crippen molar-refractivity contribution in [3.63, 3.8) is 0 Å². The van der Waals surface area contributed by atoms with Gasteiger partial charge in [0.25, 0.3) is 0 Å². The molecule has 0 aliphatic rings. The number of aromatic carboxylic acids is 1. The van der Waals surface area contributed by atoms with Crippen molar-refractivity contribution >= 4 is 28.2 Å². The van der Waals surface area contributed by atoms with Crippen molar-refractivity contribution in [2.45, 2.75) is 0 Å². The second-order valence-corrected chi connectivity index (χ2v) is 3.30. The zero-order chi connectivity index (χ0) is 12.6. The van der Waals surface area contributed by atoms with E-state index in [-0.39, 0.29) is 10.9 Å². The monoisotopic (exact) mass is 233 g/mol. The van der Waals surface area contributed by atoms with Gasteiger partial charge in [-0.05, 0) is 12.1 Å². The molecule has 0 spiro atoms. The van der Waals surface area contributed by atoms with E-state index in [0.717, 1.165) is 0 Å². The van der Waals surface area contributed by atoms with Crippen molar-refractivity contribution in [3.8, 4) is 0 Å². The van der Waals surface area contributed by atoms with E-state index in [9.17, 15) is 14.9 Å². The highest BCUT2D eigenvalue weighted by atomic mass is 16.6. The Bertz CT molecular complexity index is 639. The number of nitrogens with two attached hydrogens (primary N) is 1. The minimum absolute atomic E-state index is 0.222. The van der Waals surface area contributed by atoms with Crippen molar-refractivity contribution in [2.24, 2.45) is 0 Å². The molecule has 3 N–H and O–H groups in total. The predicted molar refractivity (Wildman–Crippen MR) is 59.8 cm³/mol. The number of rotatable bonds is 2. The average molecular weight is 233 g/mol. The minimum Gasteiger partial charge on any atom is -0.476 e. The zero-order valence-corrected chi connectivity index (χ0v) is 8.45. The first-order valence-corrected chi connectivity index (χ1v) is 4.58. The second kappa shape index (κ2) is 3.71. The summed E-state index contributed by atoms with van der Waals surface area (Å²) < 4.78 is 0. The summed E-state index contributed by atoms with van der Waals surface area (Å²) in [5.41, 5.74) is 4.34. The molecule has 1 aromatic carbocycles. The number of nitro groups is 1. The Kier molecular flexibility index (Phi) is 2.36. The molecule has 0 saturated carbocycles. The van der Waals surface area contributed by atoms with Crippen molar-refractivity contribution in [1.82, 2.24) is 4.98 Å². The fourth-order valence-corrected chi connectivity index (χ4v) is 1.57. The van der Waals surface area contributed by atoms with Gasteiger partial charge >= 0.3 is 11.7 Å². The highest BCUT2D eigenvalue weighted by Gasteiger charge is 2.24. The third-order valence-electron chi connectivity index (χ3n) is 2.29. The normalized spacial score (nSPS) is 10.4. The third kappa shape index (κ3) is 1.63. The van der Waals surface area contributed by atoms with E-state index in [1.54, 1.807) is 12.1 Å². The molecule has 0 amide bonds. The lowest BCUT2D eigenvalue weighted by molar-refractivity contribution is -0.382. The molecule has 0 bridgehead atoms. The predicted octanol–water partition coefficient (Wildman–Crippen LogP) is 1.42. The molecule has 17 heavy (non-hydrogen) atoms. The van der Waals surface area contributed by atoms with Crippen LogP contribution < -0.4 is 5.73 Å². The molecule has 0 saturated heterocycles. The number of pyridine rings is 1. The van der Waals surface area contributed by atoms with Crippen LogP contribution in [0.25, 0.3) is 10.9 Å². The molecule has 0 aliphatic carbocycles. The summed E-state index contributed by atoms with van der Waals surface area (Å²) >= 11 is 0. The Balaban J connectivity index is 2.95. The van der Waals surface area contributed by atoms with Gasteiger partial charge in [0, 0.05) is 0 Å². The first kappa shape index (κ1) is 10.8. The lowest BCUT2D eigenvalue weighted by Crippen LogP contribution is -2.09. The van der Waals surface area contributed by atoms with E-state index in [0.29, 0.717) is 0 Å². The molecule has 7 heteroatoms. The summed E-state index contributed by atoms with van der Waals surface area (Å²) in [7, 11) is 0. The number of carbonyl (C=O) groups is 1. The van der Waals surface area contributed by atoms with E-state index in [1.165, 1.54) is 12.1 Å². The van der Waals surface area contributed by atoms with Gasteiger partial charge in [-0.3, -0.25) is 10.1 Å². The van der Waals surface area contributed by atoms with Crippen LogP contribution in [0.2, 0.25) is 0 Å². The number of fused-ring (bicyclic) bond motifs is 1. The number of nitrogens with zero attached hydrogens (tertiary/aromatic N) is 2. The van der Waals surface area contributed by atoms with Gasteiger partial charge in [-0.15, -0.1) is 0 Å².